The number of aryl methyl sites for hydroxylation is 1. The molecular weight excluding hydrogens is 328 g/mol. The van der Waals surface area contributed by atoms with Crippen molar-refractivity contribution in [2.75, 3.05) is 6.54 Å². The smallest absolute Gasteiger partial charge is 0.303 e. The van der Waals surface area contributed by atoms with E-state index in [2.05, 4.69) is 31.0 Å². The zero-order valence-corrected chi connectivity index (χ0v) is 12.2. The lowest BCUT2D eigenvalue weighted by atomic mass is 10.1. The van der Waals surface area contributed by atoms with Gasteiger partial charge in [-0.25, -0.2) is 17.8 Å². The summed E-state index contributed by atoms with van der Waals surface area (Å²) in [5, 5.41) is 15.6. The van der Waals surface area contributed by atoms with Gasteiger partial charge in [-0.15, -0.1) is 5.10 Å². The summed E-state index contributed by atoms with van der Waals surface area (Å²) < 4.78 is 27.4. The Hall–Kier alpha value is -1.00. The van der Waals surface area contributed by atoms with E-state index in [9.17, 15) is 13.2 Å². The van der Waals surface area contributed by atoms with Gasteiger partial charge in [0.2, 0.25) is 5.03 Å². The van der Waals surface area contributed by atoms with E-state index in [0.717, 1.165) is 4.68 Å². The maximum atomic E-state index is 11.9. The van der Waals surface area contributed by atoms with Gasteiger partial charge < -0.3 is 5.11 Å². The lowest BCUT2D eigenvalue weighted by Crippen LogP contribution is -2.30. The summed E-state index contributed by atoms with van der Waals surface area (Å²) >= 11 is 2.99. The van der Waals surface area contributed by atoms with Crippen LogP contribution in [0.3, 0.4) is 0 Å². The van der Waals surface area contributed by atoms with Crippen molar-refractivity contribution in [2.24, 2.45) is 13.0 Å². The zero-order chi connectivity index (χ0) is 13.9. The summed E-state index contributed by atoms with van der Waals surface area (Å²) in [6, 6.07) is 0. The quantitative estimate of drug-likeness (QED) is 0.751. The van der Waals surface area contributed by atoms with Crippen molar-refractivity contribution < 1.29 is 18.3 Å². The average Bonchev–Trinajstić information content (AvgIpc) is 2.55. The van der Waals surface area contributed by atoms with Crippen LogP contribution < -0.4 is 4.72 Å². The van der Waals surface area contributed by atoms with Gasteiger partial charge in [0.15, 0.2) is 4.60 Å². The van der Waals surface area contributed by atoms with Crippen molar-refractivity contribution >= 4 is 31.9 Å². The first kappa shape index (κ1) is 15.1. The Bertz CT molecular complexity index is 522. The number of aromatic nitrogens is 3. The van der Waals surface area contributed by atoms with Crippen molar-refractivity contribution in [2.45, 2.75) is 18.4 Å². The highest BCUT2D eigenvalue weighted by molar-refractivity contribution is 9.10. The molecule has 0 bridgehead atoms. The van der Waals surface area contributed by atoms with E-state index in [1.807, 2.05) is 0 Å². The number of carbonyl (C=O) groups is 1. The third-order valence-electron chi connectivity index (χ3n) is 2.14. The first-order valence-corrected chi connectivity index (χ1v) is 7.28. The Morgan fingerprint density at radius 2 is 2.22 bits per heavy atom. The predicted molar refractivity (Wildman–Crippen MR) is 65.3 cm³/mol. The Labute approximate surface area is 113 Å². The summed E-state index contributed by atoms with van der Waals surface area (Å²) in [5.74, 6) is -1.28. The van der Waals surface area contributed by atoms with Crippen LogP contribution in [0, 0.1) is 5.92 Å². The molecule has 0 aliphatic rings. The minimum atomic E-state index is -3.76. The van der Waals surface area contributed by atoms with Crippen LogP contribution in [0.25, 0.3) is 0 Å². The molecule has 0 aliphatic heterocycles. The normalized spacial score (nSPS) is 13.5. The number of carboxylic acid groups (broad SMARTS) is 1. The second-order valence-corrected chi connectivity index (χ2v) is 6.30. The van der Waals surface area contributed by atoms with E-state index in [1.54, 1.807) is 6.92 Å². The molecule has 102 valence electrons. The molecule has 10 heteroatoms. The number of sulfonamides is 1. The maximum Gasteiger partial charge on any atom is 0.303 e. The predicted octanol–water partition coefficient (Wildman–Crippen LogP) is -0.0333. The van der Waals surface area contributed by atoms with E-state index < -0.39 is 16.0 Å². The molecule has 0 radical (unpaired) electrons. The fourth-order valence-electron chi connectivity index (χ4n) is 1.30. The number of aliphatic carboxylic acids is 1. The topological polar surface area (TPSA) is 114 Å². The van der Waals surface area contributed by atoms with E-state index in [-0.39, 0.29) is 28.5 Å². The van der Waals surface area contributed by atoms with Crippen LogP contribution in [0.15, 0.2) is 9.63 Å². The Kier molecular flexibility index (Phi) is 4.82. The minimum Gasteiger partial charge on any atom is -0.481 e. The second kappa shape index (κ2) is 5.76. The van der Waals surface area contributed by atoms with Crippen molar-refractivity contribution in [1.82, 2.24) is 19.7 Å². The van der Waals surface area contributed by atoms with Crippen LogP contribution in [0.1, 0.15) is 13.3 Å². The maximum absolute atomic E-state index is 11.9. The largest absolute Gasteiger partial charge is 0.481 e. The van der Waals surface area contributed by atoms with Gasteiger partial charge in [0.05, 0.1) is 0 Å². The first-order valence-electron chi connectivity index (χ1n) is 5.00. The zero-order valence-electron chi connectivity index (χ0n) is 9.79. The lowest BCUT2D eigenvalue weighted by Gasteiger charge is -2.10. The molecule has 0 fully saturated rings. The van der Waals surface area contributed by atoms with Crippen LogP contribution in [0.2, 0.25) is 0 Å². The van der Waals surface area contributed by atoms with Crippen LogP contribution in [-0.4, -0.2) is 41.0 Å². The molecule has 0 amide bonds. The van der Waals surface area contributed by atoms with Gasteiger partial charge in [0.25, 0.3) is 10.0 Å². The summed E-state index contributed by atoms with van der Waals surface area (Å²) in [6.07, 6.45) is -0.104. The standard InChI is InChI=1S/C8H13BrN4O4S/c1-5(3-6(14)15)4-10-18(16,17)8-7(9)11-12-13(8)2/h5,10H,3-4H2,1-2H3,(H,14,15). The van der Waals surface area contributed by atoms with E-state index in [1.165, 1.54) is 7.05 Å². The van der Waals surface area contributed by atoms with Crippen molar-refractivity contribution in [1.29, 1.82) is 0 Å². The first-order chi connectivity index (χ1) is 8.24. The van der Waals surface area contributed by atoms with E-state index >= 15 is 0 Å². The highest BCUT2D eigenvalue weighted by Crippen LogP contribution is 2.17. The molecule has 1 unspecified atom stereocenters. The van der Waals surface area contributed by atoms with Crippen LogP contribution in [0.4, 0.5) is 0 Å². The molecule has 1 aromatic heterocycles. The summed E-state index contributed by atoms with van der Waals surface area (Å²) in [4.78, 5) is 10.5. The molecule has 1 atom stereocenters. The van der Waals surface area contributed by atoms with E-state index in [4.69, 9.17) is 5.11 Å². The molecule has 0 aliphatic carbocycles. The Morgan fingerprint density at radius 3 is 2.67 bits per heavy atom. The number of rotatable bonds is 6. The molecule has 1 rings (SSSR count). The average molecular weight is 341 g/mol. The fraction of sp³-hybridized carbons (Fsp3) is 0.625. The van der Waals surface area contributed by atoms with Gasteiger partial charge in [-0.1, -0.05) is 12.1 Å². The second-order valence-electron chi connectivity index (χ2n) is 3.86. The number of hydrogen-bond donors (Lipinski definition) is 2. The highest BCUT2D eigenvalue weighted by atomic mass is 79.9. The molecule has 0 saturated carbocycles. The fourth-order valence-corrected chi connectivity index (χ4v) is 3.55. The summed E-state index contributed by atoms with van der Waals surface area (Å²) in [6.45, 7) is 1.68. The number of nitrogens with zero attached hydrogens (tertiary/aromatic N) is 3. The molecular formula is C8H13BrN4O4S. The van der Waals surface area contributed by atoms with Crippen LogP contribution in [-0.2, 0) is 21.9 Å². The van der Waals surface area contributed by atoms with Gasteiger partial charge in [0, 0.05) is 20.0 Å². The Morgan fingerprint density at radius 1 is 1.61 bits per heavy atom. The van der Waals surface area contributed by atoms with Crippen LogP contribution >= 0.6 is 15.9 Å². The lowest BCUT2D eigenvalue weighted by molar-refractivity contribution is -0.137. The summed E-state index contributed by atoms with van der Waals surface area (Å²) in [7, 11) is -2.31. The van der Waals surface area contributed by atoms with Gasteiger partial charge >= 0.3 is 5.97 Å². The molecule has 2 N–H and O–H groups in total. The third kappa shape index (κ3) is 3.75. The van der Waals surface area contributed by atoms with Gasteiger partial charge in [0.1, 0.15) is 0 Å². The van der Waals surface area contributed by atoms with E-state index in [0.29, 0.717) is 0 Å². The molecule has 0 spiro atoms. The minimum absolute atomic E-state index is 0.0340. The van der Waals surface area contributed by atoms with Crippen molar-refractivity contribution in [3.05, 3.63) is 4.60 Å². The van der Waals surface area contributed by atoms with Gasteiger partial charge in [-0.3, -0.25) is 4.79 Å². The van der Waals surface area contributed by atoms with Crippen LogP contribution in [0.5, 0.6) is 0 Å². The number of carboxylic acids is 1. The molecule has 0 aromatic carbocycles. The number of halogens is 1. The third-order valence-corrected chi connectivity index (χ3v) is 4.45. The van der Waals surface area contributed by atoms with Crippen molar-refractivity contribution in [3.63, 3.8) is 0 Å². The molecule has 18 heavy (non-hydrogen) atoms. The molecule has 8 nitrogen and oxygen atoms in total. The highest BCUT2D eigenvalue weighted by Gasteiger charge is 2.24. The molecule has 1 heterocycles. The number of nitrogens with one attached hydrogen (secondary N) is 1. The SMILES string of the molecule is CC(CNS(=O)(=O)c1c(Br)nnn1C)CC(=O)O. The number of hydrogen-bond acceptors (Lipinski definition) is 5. The molecule has 1 aromatic rings. The summed E-state index contributed by atoms with van der Waals surface area (Å²) in [5.41, 5.74) is 0. The van der Waals surface area contributed by atoms with Crippen molar-refractivity contribution in [3.8, 4) is 0 Å². The molecule has 0 saturated heterocycles. The monoisotopic (exact) mass is 340 g/mol. The van der Waals surface area contributed by atoms with Gasteiger partial charge in [-0.05, 0) is 21.8 Å². The Balaban J connectivity index is 2.75. The van der Waals surface area contributed by atoms with Gasteiger partial charge in [-0.2, -0.15) is 0 Å².